The van der Waals surface area contributed by atoms with Crippen LogP contribution in [0.3, 0.4) is 0 Å². The van der Waals surface area contributed by atoms with E-state index in [1.165, 1.54) is 11.1 Å². The fraction of sp³-hybridized carbons (Fsp3) is 0.353. The Morgan fingerprint density at radius 1 is 1.19 bits per heavy atom. The van der Waals surface area contributed by atoms with Gasteiger partial charge >= 0.3 is 0 Å². The van der Waals surface area contributed by atoms with Crippen molar-refractivity contribution in [2.24, 2.45) is 0 Å². The largest absolute Gasteiger partial charge is 0.487 e. The minimum absolute atomic E-state index is 0.564. The first-order valence-electron chi connectivity index (χ1n) is 7.11. The van der Waals surface area contributed by atoms with Crippen LogP contribution in [0.1, 0.15) is 16.8 Å². The smallest absolute Gasteiger partial charge is 0.138 e. The van der Waals surface area contributed by atoms with E-state index in [1.54, 1.807) is 13.3 Å². The van der Waals surface area contributed by atoms with Crippen molar-refractivity contribution in [3.8, 4) is 5.75 Å². The summed E-state index contributed by atoms with van der Waals surface area (Å²) >= 11 is 0. The standard InChI is InChI=1S/C17H22N2O2/c1-14-4-3-5-15(10-14)13-21-17-7-6-16(19-12-17)11-18-8-9-20-2/h3-7,10,12,18H,8-9,11,13H2,1-2H3. The van der Waals surface area contributed by atoms with Gasteiger partial charge in [0.1, 0.15) is 12.4 Å². The van der Waals surface area contributed by atoms with Crippen molar-refractivity contribution in [3.63, 3.8) is 0 Å². The van der Waals surface area contributed by atoms with Crippen molar-refractivity contribution in [3.05, 3.63) is 59.4 Å². The van der Waals surface area contributed by atoms with E-state index >= 15 is 0 Å². The van der Waals surface area contributed by atoms with Crippen LogP contribution >= 0.6 is 0 Å². The Balaban J connectivity index is 1.79. The first kappa shape index (κ1) is 15.5. The number of ether oxygens (including phenoxy) is 2. The summed E-state index contributed by atoms with van der Waals surface area (Å²) in [7, 11) is 1.69. The Kier molecular flexibility index (Phi) is 6.19. The summed E-state index contributed by atoms with van der Waals surface area (Å²) in [6.45, 7) is 4.91. The SMILES string of the molecule is COCCNCc1ccc(OCc2cccc(C)c2)cn1. The van der Waals surface area contributed by atoms with Gasteiger partial charge in [-0.2, -0.15) is 0 Å². The van der Waals surface area contributed by atoms with Crippen molar-refractivity contribution in [1.29, 1.82) is 0 Å². The van der Waals surface area contributed by atoms with E-state index in [0.717, 1.165) is 24.5 Å². The number of benzene rings is 1. The van der Waals surface area contributed by atoms with Crippen LogP contribution in [-0.2, 0) is 17.9 Å². The molecule has 0 radical (unpaired) electrons. The van der Waals surface area contributed by atoms with Gasteiger partial charge < -0.3 is 14.8 Å². The number of rotatable bonds is 8. The molecule has 0 amide bonds. The Morgan fingerprint density at radius 2 is 2.10 bits per heavy atom. The van der Waals surface area contributed by atoms with E-state index in [9.17, 15) is 0 Å². The third-order valence-electron chi connectivity index (χ3n) is 3.07. The van der Waals surface area contributed by atoms with Gasteiger partial charge in [0.15, 0.2) is 0 Å². The van der Waals surface area contributed by atoms with E-state index < -0.39 is 0 Å². The fourth-order valence-corrected chi connectivity index (χ4v) is 1.96. The number of nitrogens with one attached hydrogen (secondary N) is 1. The lowest BCUT2D eigenvalue weighted by molar-refractivity contribution is 0.199. The maximum absolute atomic E-state index is 5.74. The number of aromatic nitrogens is 1. The first-order valence-corrected chi connectivity index (χ1v) is 7.11. The van der Waals surface area contributed by atoms with Gasteiger partial charge in [-0.3, -0.25) is 4.98 Å². The molecule has 0 atom stereocenters. The molecule has 0 fully saturated rings. The highest BCUT2D eigenvalue weighted by Gasteiger charge is 1.99. The zero-order valence-corrected chi connectivity index (χ0v) is 12.6. The van der Waals surface area contributed by atoms with Crippen LogP contribution < -0.4 is 10.1 Å². The molecule has 0 aliphatic heterocycles. The van der Waals surface area contributed by atoms with Crippen LogP contribution in [0.2, 0.25) is 0 Å². The van der Waals surface area contributed by atoms with Gasteiger partial charge in [0.25, 0.3) is 0 Å². The number of methoxy groups -OCH3 is 1. The molecule has 0 aliphatic carbocycles. The molecule has 21 heavy (non-hydrogen) atoms. The molecular weight excluding hydrogens is 264 g/mol. The topological polar surface area (TPSA) is 43.4 Å². The monoisotopic (exact) mass is 286 g/mol. The van der Waals surface area contributed by atoms with E-state index in [0.29, 0.717) is 13.2 Å². The van der Waals surface area contributed by atoms with Gasteiger partial charge in [0.2, 0.25) is 0 Å². The van der Waals surface area contributed by atoms with E-state index in [4.69, 9.17) is 9.47 Å². The Bertz CT molecular complexity index is 541. The predicted molar refractivity (Wildman–Crippen MR) is 83.3 cm³/mol. The van der Waals surface area contributed by atoms with Crippen LogP contribution in [0, 0.1) is 6.92 Å². The van der Waals surface area contributed by atoms with Crippen LogP contribution in [0.15, 0.2) is 42.6 Å². The maximum atomic E-state index is 5.74. The maximum Gasteiger partial charge on any atom is 0.138 e. The second kappa shape index (κ2) is 8.39. The number of hydrogen-bond acceptors (Lipinski definition) is 4. The molecule has 0 aliphatic rings. The summed E-state index contributed by atoms with van der Waals surface area (Å²) in [5.41, 5.74) is 3.40. The number of aryl methyl sites for hydroxylation is 1. The second-order valence-electron chi connectivity index (χ2n) is 4.93. The highest BCUT2D eigenvalue weighted by Crippen LogP contribution is 2.12. The van der Waals surface area contributed by atoms with Gasteiger partial charge in [-0.05, 0) is 24.6 Å². The minimum Gasteiger partial charge on any atom is -0.487 e. The predicted octanol–water partition coefficient (Wildman–Crippen LogP) is 2.71. The lowest BCUT2D eigenvalue weighted by Gasteiger charge is -2.08. The van der Waals surface area contributed by atoms with Gasteiger partial charge in [-0.25, -0.2) is 0 Å². The summed E-state index contributed by atoms with van der Waals surface area (Å²) in [6, 6.07) is 12.2. The quantitative estimate of drug-likeness (QED) is 0.758. The molecule has 2 rings (SSSR count). The minimum atomic E-state index is 0.564. The van der Waals surface area contributed by atoms with Crippen molar-refractivity contribution in [2.75, 3.05) is 20.3 Å². The molecule has 0 saturated carbocycles. The highest BCUT2D eigenvalue weighted by atomic mass is 16.5. The summed E-state index contributed by atoms with van der Waals surface area (Å²) in [5, 5.41) is 3.26. The normalized spacial score (nSPS) is 10.6. The zero-order chi connectivity index (χ0) is 14.9. The molecule has 1 heterocycles. The van der Waals surface area contributed by atoms with Crippen LogP contribution in [0.25, 0.3) is 0 Å². The number of pyridine rings is 1. The summed E-state index contributed by atoms with van der Waals surface area (Å²) < 4.78 is 10.7. The molecule has 1 aromatic carbocycles. The van der Waals surface area contributed by atoms with Gasteiger partial charge in [-0.15, -0.1) is 0 Å². The third kappa shape index (κ3) is 5.53. The molecule has 0 bridgehead atoms. The summed E-state index contributed by atoms with van der Waals surface area (Å²) in [4.78, 5) is 4.38. The number of hydrogen-bond donors (Lipinski definition) is 1. The Hall–Kier alpha value is -1.91. The Labute approximate surface area is 126 Å². The molecule has 0 unspecified atom stereocenters. The van der Waals surface area contributed by atoms with Crippen molar-refractivity contribution >= 4 is 0 Å². The highest BCUT2D eigenvalue weighted by molar-refractivity contribution is 5.24. The molecular formula is C17H22N2O2. The molecule has 4 nitrogen and oxygen atoms in total. The first-order chi connectivity index (χ1) is 10.3. The van der Waals surface area contributed by atoms with Gasteiger partial charge in [-0.1, -0.05) is 29.8 Å². The zero-order valence-electron chi connectivity index (χ0n) is 12.6. The summed E-state index contributed by atoms with van der Waals surface area (Å²) in [6.07, 6.45) is 1.77. The lowest BCUT2D eigenvalue weighted by Crippen LogP contribution is -2.19. The fourth-order valence-electron chi connectivity index (χ4n) is 1.96. The molecule has 112 valence electrons. The van der Waals surface area contributed by atoms with Crippen LogP contribution in [0.4, 0.5) is 0 Å². The molecule has 2 aromatic rings. The van der Waals surface area contributed by atoms with Crippen LogP contribution in [0.5, 0.6) is 5.75 Å². The lowest BCUT2D eigenvalue weighted by atomic mass is 10.1. The van der Waals surface area contributed by atoms with Gasteiger partial charge in [0.05, 0.1) is 18.5 Å². The molecule has 0 spiro atoms. The van der Waals surface area contributed by atoms with E-state index in [1.807, 2.05) is 18.2 Å². The Morgan fingerprint density at radius 3 is 2.81 bits per heavy atom. The van der Waals surface area contributed by atoms with Crippen molar-refractivity contribution in [1.82, 2.24) is 10.3 Å². The van der Waals surface area contributed by atoms with Crippen molar-refractivity contribution in [2.45, 2.75) is 20.1 Å². The average molecular weight is 286 g/mol. The molecule has 1 N–H and O–H groups in total. The molecule has 1 aromatic heterocycles. The van der Waals surface area contributed by atoms with Crippen LogP contribution in [-0.4, -0.2) is 25.2 Å². The second-order valence-corrected chi connectivity index (χ2v) is 4.93. The third-order valence-corrected chi connectivity index (χ3v) is 3.07. The van der Waals surface area contributed by atoms with E-state index in [2.05, 4.69) is 35.4 Å². The molecule has 4 heteroatoms. The van der Waals surface area contributed by atoms with Crippen molar-refractivity contribution < 1.29 is 9.47 Å². The number of nitrogens with zero attached hydrogens (tertiary/aromatic N) is 1. The average Bonchev–Trinajstić information content (AvgIpc) is 2.51. The summed E-state index contributed by atoms with van der Waals surface area (Å²) in [5.74, 6) is 0.789. The van der Waals surface area contributed by atoms with Gasteiger partial charge in [0, 0.05) is 20.2 Å². The van der Waals surface area contributed by atoms with E-state index in [-0.39, 0.29) is 0 Å². The molecule has 0 saturated heterocycles.